The highest BCUT2D eigenvalue weighted by molar-refractivity contribution is 7.92. The van der Waals surface area contributed by atoms with Gasteiger partial charge in [0, 0.05) is 23.0 Å². The number of amides is 1. The Morgan fingerprint density at radius 1 is 1.19 bits per heavy atom. The van der Waals surface area contributed by atoms with E-state index in [2.05, 4.69) is 10.3 Å². The maximum atomic E-state index is 13.0. The van der Waals surface area contributed by atoms with Gasteiger partial charge in [0.1, 0.15) is 0 Å². The zero-order valence-electron chi connectivity index (χ0n) is 17.2. The summed E-state index contributed by atoms with van der Waals surface area (Å²) in [6.07, 6.45) is 0.00375. The molecule has 1 amide bonds. The molecule has 32 heavy (non-hydrogen) atoms. The van der Waals surface area contributed by atoms with Crippen LogP contribution in [0.2, 0.25) is 5.02 Å². The van der Waals surface area contributed by atoms with E-state index in [9.17, 15) is 18.0 Å². The van der Waals surface area contributed by atoms with Gasteiger partial charge in [-0.2, -0.15) is 0 Å². The van der Waals surface area contributed by atoms with Gasteiger partial charge in [0.2, 0.25) is 0 Å². The van der Waals surface area contributed by atoms with Crippen molar-refractivity contribution < 1.29 is 22.7 Å². The number of carbonyl (C=O) groups is 2. The van der Waals surface area contributed by atoms with Gasteiger partial charge >= 0.3 is 5.97 Å². The van der Waals surface area contributed by atoms with E-state index in [1.807, 2.05) is 0 Å². The van der Waals surface area contributed by atoms with E-state index < -0.39 is 21.9 Å². The normalized spacial score (nSPS) is 11.1. The van der Waals surface area contributed by atoms with Crippen LogP contribution in [0.1, 0.15) is 23.0 Å². The summed E-state index contributed by atoms with van der Waals surface area (Å²) in [6.45, 7) is 1.99. The highest BCUT2D eigenvalue weighted by Gasteiger charge is 2.23. The Morgan fingerprint density at radius 3 is 2.66 bits per heavy atom. The number of carbonyl (C=O) groups excluding carboxylic acids is 2. The summed E-state index contributed by atoms with van der Waals surface area (Å²) in [4.78, 5) is 28.4. The molecule has 1 N–H and O–H groups in total. The summed E-state index contributed by atoms with van der Waals surface area (Å²) in [5, 5.41) is 4.96. The molecule has 0 radical (unpaired) electrons. The van der Waals surface area contributed by atoms with Crippen molar-refractivity contribution >= 4 is 55.7 Å². The highest BCUT2D eigenvalue weighted by atomic mass is 35.5. The highest BCUT2D eigenvalue weighted by Crippen LogP contribution is 2.25. The topological polar surface area (TPSA) is 106 Å². The minimum atomic E-state index is -3.92. The second kappa shape index (κ2) is 10.1. The van der Waals surface area contributed by atoms with Gasteiger partial charge in [-0.25, -0.2) is 13.4 Å². The van der Waals surface area contributed by atoms with Crippen molar-refractivity contribution in [2.24, 2.45) is 0 Å². The molecule has 11 heteroatoms. The molecule has 0 unspecified atom stereocenters. The number of nitrogens with zero attached hydrogens (tertiary/aromatic N) is 2. The van der Waals surface area contributed by atoms with Gasteiger partial charge in [-0.05, 0) is 43.3 Å². The van der Waals surface area contributed by atoms with Crippen LogP contribution in [-0.4, -0.2) is 38.9 Å². The van der Waals surface area contributed by atoms with Crippen LogP contribution in [-0.2, 0) is 26.0 Å². The Bertz CT molecular complexity index is 1240. The largest absolute Gasteiger partial charge is 0.466 e. The molecule has 0 aliphatic rings. The van der Waals surface area contributed by atoms with Crippen molar-refractivity contribution in [3.05, 3.63) is 70.2 Å². The molecule has 0 saturated carbocycles. The van der Waals surface area contributed by atoms with E-state index in [1.165, 1.54) is 37.4 Å². The van der Waals surface area contributed by atoms with E-state index in [4.69, 9.17) is 16.3 Å². The number of ether oxygens (including phenoxy) is 1. The average Bonchev–Trinajstić information content (AvgIpc) is 3.19. The third kappa shape index (κ3) is 5.64. The zero-order chi connectivity index (χ0) is 23.3. The minimum absolute atomic E-state index is 0.00375. The molecule has 0 saturated heterocycles. The number of hydrogen-bond donors (Lipinski definition) is 1. The van der Waals surface area contributed by atoms with Crippen molar-refractivity contribution in [3.63, 3.8) is 0 Å². The quantitative estimate of drug-likeness (QED) is 0.476. The second-order valence-corrected chi connectivity index (χ2v) is 9.82. The summed E-state index contributed by atoms with van der Waals surface area (Å²) in [6, 6.07) is 12.1. The van der Waals surface area contributed by atoms with Gasteiger partial charge in [-0.1, -0.05) is 23.7 Å². The number of halogens is 1. The molecule has 0 spiro atoms. The lowest BCUT2D eigenvalue weighted by atomic mass is 10.2. The number of rotatable bonds is 8. The first-order chi connectivity index (χ1) is 15.2. The molecule has 168 valence electrons. The molecule has 0 atom stereocenters. The number of benzene rings is 2. The van der Waals surface area contributed by atoms with Gasteiger partial charge in [0.05, 0.1) is 29.3 Å². The van der Waals surface area contributed by atoms with E-state index in [0.717, 1.165) is 15.6 Å². The number of nitrogens with one attached hydrogen (secondary N) is 1. The first-order valence-corrected chi connectivity index (χ1v) is 12.2. The van der Waals surface area contributed by atoms with Gasteiger partial charge < -0.3 is 4.74 Å². The fourth-order valence-corrected chi connectivity index (χ4v) is 4.87. The monoisotopic (exact) mass is 493 g/mol. The molecule has 8 nitrogen and oxygen atoms in total. The van der Waals surface area contributed by atoms with Gasteiger partial charge in [-0.15, -0.1) is 11.3 Å². The van der Waals surface area contributed by atoms with Crippen molar-refractivity contribution in [1.82, 2.24) is 4.98 Å². The van der Waals surface area contributed by atoms with Crippen LogP contribution in [0.4, 0.5) is 10.8 Å². The minimum Gasteiger partial charge on any atom is -0.466 e. The molecule has 0 aliphatic heterocycles. The summed E-state index contributed by atoms with van der Waals surface area (Å²) in [7, 11) is -2.51. The summed E-state index contributed by atoms with van der Waals surface area (Å²) in [5.41, 5.74) is 1.01. The van der Waals surface area contributed by atoms with Crippen molar-refractivity contribution in [1.29, 1.82) is 0 Å². The second-order valence-electron chi connectivity index (χ2n) is 6.56. The predicted octanol–water partition coefficient (Wildman–Crippen LogP) is 3.98. The van der Waals surface area contributed by atoms with Crippen LogP contribution in [0.25, 0.3) is 0 Å². The fourth-order valence-electron chi connectivity index (χ4n) is 2.74. The summed E-state index contributed by atoms with van der Waals surface area (Å²) < 4.78 is 32.0. The Kier molecular flexibility index (Phi) is 7.49. The SMILES string of the molecule is CCOC(=O)Cc1csc(NC(=O)c2cccc(S(=O)(=O)N(C)c3cccc(Cl)c3)c2)n1. The van der Waals surface area contributed by atoms with Crippen molar-refractivity contribution in [3.8, 4) is 0 Å². The fraction of sp³-hybridized carbons (Fsp3) is 0.190. The van der Waals surface area contributed by atoms with Crippen molar-refractivity contribution in [2.45, 2.75) is 18.2 Å². The molecule has 0 bridgehead atoms. The van der Waals surface area contributed by atoms with Gasteiger partial charge in [0.25, 0.3) is 15.9 Å². The zero-order valence-corrected chi connectivity index (χ0v) is 19.6. The first kappa shape index (κ1) is 23.7. The summed E-state index contributed by atoms with van der Waals surface area (Å²) in [5.74, 6) is -0.929. The van der Waals surface area contributed by atoms with Crippen molar-refractivity contribution in [2.75, 3.05) is 23.3 Å². The molecule has 1 heterocycles. The molecular formula is C21H20ClN3O5S2. The first-order valence-electron chi connectivity index (χ1n) is 9.46. The Labute approximate surface area is 194 Å². The maximum Gasteiger partial charge on any atom is 0.311 e. The molecule has 0 fully saturated rings. The Balaban J connectivity index is 1.76. The molecule has 0 aliphatic carbocycles. The Morgan fingerprint density at radius 2 is 1.94 bits per heavy atom. The molecule has 3 aromatic rings. The number of aromatic nitrogens is 1. The van der Waals surface area contributed by atoms with Crippen LogP contribution in [0.3, 0.4) is 0 Å². The van der Waals surface area contributed by atoms with E-state index in [1.54, 1.807) is 30.5 Å². The third-order valence-electron chi connectivity index (χ3n) is 4.33. The number of hydrogen-bond acceptors (Lipinski definition) is 7. The van der Waals surface area contributed by atoms with E-state index in [0.29, 0.717) is 21.5 Å². The van der Waals surface area contributed by atoms with E-state index in [-0.39, 0.29) is 23.5 Å². The summed E-state index contributed by atoms with van der Waals surface area (Å²) >= 11 is 7.13. The molecule has 2 aromatic carbocycles. The standard InChI is InChI=1S/C21H20ClN3O5S2/c1-3-30-19(26)12-16-13-31-21(23-16)24-20(27)14-6-4-9-18(10-14)32(28,29)25(2)17-8-5-7-15(22)11-17/h4-11,13H,3,12H2,1-2H3,(H,23,24,27). The molecular weight excluding hydrogens is 474 g/mol. The average molecular weight is 494 g/mol. The lowest BCUT2D eigenvalue weighted by molar-refractivity contribution is -0.142. The maximum absolute atomic E-state index is 13.0. The molecule has 3 rings (SSSR count). The number of thiazole rings is 1. The van der Waals surface area contributed by atoms with Crippen LogP contribution < -0.4 is 9.62 Å². The predicted molar refractivity (Wildman–Crippen MR) is 124 cm³/mol. The molecule has 1 aromatic heterocycles. The lowest BCUT2D eigenvalue weighted by Gasteiger charge is -2.20. The number of anilines is 2. The number of esters is 1. The van der Waals surface area contributed by atoms with Crippen LogP contribution in [0.5, 0.6) is 0 Å². The van der Waals surface area contributed by atoms with Gasteiger partial charge in [-0.3, -0.25) is 19.2 Å². The van der Waals surface area contributed by atoms with Crippen LogP contribution in [0, 0.1) is 0 Å². The van der Waals surface area contributed by atoms with Crippen LogP contribution >= 0.6 is 22.9 Å². The van der Waals surface area contributed by atoms with Gasteiger partial charge in [0.15, 0.2) is 5.13 Å². The Hall–Kier alpha value is -2.95. The number of sulfonamides is 1. The third-order valence-corrected chi connectivity index (χ3v) is 7.15. The smallest absolute Gasteiger partial charge is 0.311 e. The van der Waals surface area contributed by atoms with E-state index >= 15 is 0 Å². The van der Waals surface area contributed by atoms with Crippen LogP contribution in [0.15, 0.2) is 58.8 Å². The lowest BCUT2D eigenvalue weighted by Crippen LogP contribution is -2.26.